The van der Waals surface area contributed by atoms with Crippen LogP contribution in [0.4, 0.5) is 0 Å². The van der Waals surface area contributed by atoms with Crippen LogP contribution in [0.5, 0.6) is 5.75 Å². The Morgan fingerprint density at radius 2 is 1.82 bits per heavy atom. The molecule has 1 aliphatic carbocycles. The molecule has 1 aromatic carbocycles. The van der Waals surface area contributed by atoms with E-state index in [0.717, 1.165) is 30.6 Å². The molecule has 1 unspecified atom stereocenters. The largest absolute Gasteiger partial charge is 0.484 e. The van der Waals surface area contributed by atoms with Gasteiger partial charge in [0.2, 0.25) is 11.8 Å². The lowest BCUT2D eigenvalue weighted by atomic mass is 9.85. The van der Waals surface area contributed by atoms with Crippen molar-refractivity contribution in [1.82, 2.24) is 15.5 Å². The van der Waals surface area contributed by atoms with Crippen molar-refractivity contribution in [3.63, 3.8) is 0 Å². The maximum absolute atomic E-state index is 12.9. The third kappa shape index (κ3) is 3.99. The van der Waals surface area contributed by atoms with E-state index in [-0.39, 0.29) is 47.8 Å². The van der Waals surface area contributed by atoms with Crippen LogP contribution in [0.15, 0.2) is 18.2 Å². The first-order valence-corrected chi connectivity index (χ1v) is 11.3. The number of amides is 5. The first-order chi connectivity index (χ1) is 15.9. The minimum Gasteiger partial charge on any atom is -0.484 e. The monoisotopic (exact) mass is 455 g/mol. The second-order valence-corrected chi connectivity index (χ2v) is 9.03. The Bertz CT molecular complexity index is 1040. The van der Waals surface area contributed by atoms with E-state index in [1.165, 1.54) is 18.2 Å². The predicted octanol–water partition coefficient (Wildman–Crippen LogP) is 0.542. The van der Waals surface area contributed by atoms with Crippen molar-refractivity contribution in [1.29, 1.82) is 0 Å². The first kappa shape index (κ1) is 21.6. The molecule has 1 aromatic rings. The highest BCUT2D eigenvalue weighted by molar-refractivity contribution is 6.23. The molecule has 3 fully saturated rings. The molecule has 0 bridgehead atoms. The Kier molecular flexibility index (Phi) is 5.40. The highest BCUT2D eigenvalue weighted by Gasteiger charge is 2.47. The summed E-state index contributed by atoms with van der Waals surface area (Å²) < 4.78 is 11.1. The molecule has 10 heteroatoms. The van der Waals surface area contributed by atoms with Crippen LogP contribution in [0.1, 0.15) is 59.2 Å². The van der Waals surface area contributed by atoms with Crippen LogP contribution < -0.4 is 15.4 Å². The quantitative estimate of drug-likeness (QED) is 0.599. The van der Waals surface area contributed by atoms with Crippen LogP contribution >= 0.6 is 0 Å². The molecule has 4 aliphatic rings. The van der Waals surface area contributed by atoms with Gasteiger partial charge in [-0.1, -0.05) is 0 Å². The maximum atomic E-state index is 12.9. The fourth-order valence-corrected chi connectivity index (χ4v) is 5.01. The molecule has 33 heavy (non-hydrogen) atoms. The van der Waals surface area contributed by atoms with Crippen LogP contribution in [0.3, 0.4) is 0 Å². The second kappa shape index (κ2) is 8.26. The third-order valence-electron chi connectivity index (χ3n) is 6.91. The fraction of sp³-hybridized carbons (Fsp3) is 0.522. The normalized spacial score (nSPS) is 24.4. The van der Waals surface area contributed by atoms with Crippen LogP contribution in [0.2, 0.25) is 0 Å². The average molecular weight is 455 g/mol. The van der Waals surface area contributed by atoms with Gasteiger partial charge in [-0.3, -0.25) is 34.2 Å². The summed E-state index contributed by atoms with van der Waals surface area (Å²) in [6.45, 7) is 1.04. The Hall–Kier alpha value is -3.27. The van der Waals surface area contributed by atoms with Crippen molar-refractivity contribution < 1.29 is 33.4 Å². The number of hydrogen-bond donors (Lipinski definition) is 2. The molecule has 0 radical (unpaired) electrons. The number of carbonyl (C=O) groups excluding carboxylic acids is 5. The topological polar surface area (TPSA) is 131 Å². The lowest BCUT2D eigenvalue weighted by Gasteiger charge is -2.38. The number of piperidine rings is 1. The number of nitrogens with one attached hydrogen (secondary N) is 2. The minimum absolute atomic E-state index is 0.0573. The fourth-order valence-electron chi connectivity index (χ4n) is 5.01. The average Bonchev–Trinajstić information content (AvgIpc) is 3.62. The summed E-state index contributed by atoms with van der Waals surface area (Å²) in [5.74, 6) is -1.77. The second-order valence-electron chi connectivity index (χ2n) is 9.03. The smallest absolute Gasteiger partial charge is 0.262 e. The Balaban J connectivity index is 1.24. The molecule has 2 saturated heterocycles. The summed E-state index contributed by atoms with van der Waals surface area (Å²) in [6.07, 6.45) is 3.93. The molecule has 5 rings (SSSR count). The molecule has 0 spiro atoms. The summed E-state index contributed by atoms with van der Waals surface area (Å²) in [4.78, 5) is 62.7. The molecule has 3 aliphatic heterocycles. The van der Waals surface area contributed by atoms with Crippen molar-refractivity contribution >= 4 is 29.5 Å². The standard InChI is InChI=1S/C23H25N3O7/c27-18-6-5-17(20(29)24-18)26-21(30)15-4-3-14(11-16(15)22(26)31)33-12-19(28)25-23(13-1-2-13)7-9-32-10-8-23/h3-4,11,13,17H,1-2,5-10,12H2,(H,25,28)(H,24,27,29). The van der Waals surface area contributed by atoms with Gasteiger partial charge in [-0.25, -0.2) is 0 Å². The molecule has 10 nitrogen and oxygen atoms in total. The Morgan fingerprint density at radius 1 is 1.09 bits per heavy atom. The van der Waals surface area contributed by atoms with Gasteiger partial charge in [0.05, 0.1) is 11.1 Å². The van der Waals surface area contributed by atoms with Crippen molar-refractivity contribution in [3.8, 4) is 5.75 Å². The molecule has 1 atom stereocenters. The van der Waals surface area contributed by atoms with Gasteiger partial charge >= 0.3 is 0 Å². The number of ether oxygens (including phenoxy) is 2. The first-order valence-electron chi connectivity index (χ1n) is 11.3. The number of imide groups is 2. The van der Waals surface area contributed by atoms with Crippen molar-refractivity contribution in [3.05, 3.63) is 29.3 Å². The van der Waals surface area contributed by atoms with Gasteiger partial charge < -0.3 is 14.8 Å². The summed E-state index contributed by atoms with van der Waals surface area (Å²) >= 11 is 0. The Labute approximate surface area is 190 Å². The summed E-state index contributed by atoms with van der Waals surface area (Å²) in [7, 11) is 0. The Morgan fingerprint density at radius 3 is 2.52 bits per heavy atom. The molecule has 2 N–H and O–H groups in total. The number of benzene rings is 1. The van der Waals surface area contributed by atoms with Gasteiger partial charge in [-0.05, 0) is 56.2 Å². The van der Waals surface area contributed by atoms with Crippen molar-refractivity contribution in [2.45, 2.75) is 50.1 Å². The molecule has 0 aromatic heterocycles. The van der Waals surface area contributed by atoms with Gasteiger partial charge in [-0.15, -0.1) is 0 Å². The van der Waals surface area contributed by atoms with E-state index in [1.807, 2.05) is 0 Å². The zero-order valence-electron chi connectivity index (χ0n) is 18.1. The van der Waals surface area contributed by atoms with E-state index in [4.69, 9.17) is 9.47 Å². The highest BCUT2D eigenvalue weighted by atomic mass is 16.5. The van der Waals surface area contributed by atoms with Gasteiger partial charge in [0.1, 0.15) is 11.8 Å². The van der Waals surface area contributed by atoms with E-state index in [2.05, 4.69) is 10.6 Å². The predicted molar refractivity (Wildman–Crippen MR) is 112 cm³/mol. The van der Waals surface area contributed by atoms with Crippen LogP contribution in [-0.4, -0.2) is 65.8 Å². The summed E-state index contributed by atoms with van der Waals surface area (Å²) in [5, 5.41) is 5.31. The van der Waals surface area contributed by atoms with Gasteiger partial charge in [0.15, 0.2) is 6.61 Å². The zero-order chi connectivity index (χ0) is 23.2. The van der Waals surface area contributed by atoms with Crippen LogP contribution in [0.25, 0.3) is 0 Å². The van der Waals surface area contributed by atoms with Crippen LogP contribution in [-0.2, 0) is 19.1 Å². The number of fused-ring (bicyclic) bond motifs is 1. The van der Waals surface area contributed by atoms with Crippen molar-refractivity contribution in [2.75, 3.05) is 19.8 Å². The lowest BCUT2D eigenvalue weighted by Crippen LogP contribution is -2.54. The summed E-state index contributed by atoms with van der Waals surface area (Å²) in [6, 6.07) is 3.37. The highest BCUT2D eigenvalue weighted by Crippen LogP contribution is 2.44. The van der Waals surface area contributed by atoms with Gasteiger partial charge in [0.25, 0.3) is 17.7 Å². The minimum atomic E-state index is -1.02. The summed E-state index contributed by atoms with van der Waals surface area (Å²) in [5.41, 5.74) is 0.0412. The van der Waals surface area contributed by atoms with E-state index in [1.54, 1.807) is 0 Å². The van der Waals surface area contributed by atoms with E-state index >= 15 is 0 Å². The molecule has 5 amide bonds. The number of hydrogen-bond acceptors (Lipinski definition) is 7. The van der Waals surface area contributed by atoms with Gasteiger partial charge in [-0.2, -0.15) is 0 Å². The van der Waals surface area contributed by atoms with Crippen LogP contribution in [0, 0.1) is 5.92 Å². The lowest BCUT2D eigenvalue weighted by molar-refractivity contribution is -0.136. The molecular formula is C23H25N3O7. The van der Waals surface area contributed by atoms with E-state index in [9.17, 15) is 24.0 Å². The number of rotatable bonds is 6. The molecular weight excluding hydrogens is 430 g/mol. The van der Waals surface area contributed by atoms with E-state index in [0.29, 0.717) is 19.1 Å². The van der Waals surface area contributed by atoms with Gasteiger partial charge in [0, 0.05) is 25.2 Å². The van der Waals surface area contributed by atoms with Crippen molar-refractivity contribution in [2.24, 2.45) is 5.92 Å². The number of carbonyl (C=O) groups is 5. The maximum Gasteiger partial charge on any atom is 0.262 e. The number of nitrogens with zero attached hydrogens (tertiary/aromatic N) is 1. The van der Waals surface area contributed by atoms with E-state index < -0.39 is 29.7 Å². The third-order valence-corrected chi connectivity index (χ3v) is 6.91. The SMILES string of the molecule is O=C1CCC(N2C(=O)c3ccc(OCC(=O)NC4(C5CC5)CCOCC4)cc3C2=O)C(=O)N1. The molecule has 3 heterocycles. The molecule has 174 valence electrons. The zero-order valence-corrected chi connectivity index (χ0v) is 18.1. The molecule has 1 saturated carbocycles.